The molecule has 2 saturated carbocycles. The molecule has 1 unspecified atom stereocenters. The quantitative estimate of drug-likeness (QED) is 0.292. The van der Waals surface area contributed by atoms with Crippen molar-refractivity contribution in [3.63, 3.8) is 0 Å². The minimum absolute atomic E-state index is 0.124. The van der Waals surface area contributed by atoms with E-state index in [-0.39, 0.29) is 30.6 Å². The molecule has 3 aliphatic rings. The van der Waals surface area contributed by atoms with E-state index in [1.165, 1.54) is 6.92 Å². The lowest BCUT2D eigenvalue weighted by atomic mass is 9.49. The van der Waals surface area contributed by atoms with E-state index in [1.807, 2.05) is 72.2 Å². The number of aliphatic hydroxyl groups is 2. The van der Waals surface area contributed by atoms with Crippen LogP contribution >= 0.6 is 0 Å². The average molecular weight is 583 g/mol. The number of hydrogen-bond donors (Lipinski definition) is 2. The summed E-state index contributed by atoms with van der Waals surface area (Å²) in [6.45, 7) is 13.1. The predicted molar refractivity (Wildman–Crippen MR) is 159 cm³/mol. The van der Waals surface area contributed by atoms with E-state index in [0.29, 0.717) is 34.0 Å². The number of allylic oxidation sites excluding steroid dienone is 1. The fraction of sp³-hybridized carbons (Fsp3) is 0.618. The molecule has 0 radical (unpaired) electrons. The van der Waals surface area contributed by atoms with Gasteiger partial charge in [0.1, 0.15) is 24.7 Å². The van der Waals surface area contributed by atoms with Gasteiger partial charge in [-0.05, 0) is 41.9 Å². The van der Waals surface area contributed by atoms with Crippen LogP contribution in [0.5, 0.6) is 0 Å². The molecule has 42 heavy (non-hydrogen) atoms. The first-order valence-corrected chi connectivity index (χ1v) is 14.9. The van der Waals surface area contributed by atoms with Crippen LogP contribution in [0.3, 0.4) is 0 Å². The number of benzene rings is 1. The van der Waals surface area contributed by atoms with Crippen molar-refractivity contribution in [3.8, 4) is 0 Å². The molecule has 2 N–H and O–H groups in total. The fourth-order valence-corrected chi connectivity index (χ4v) is 7.97. The summed E-state index contributed by atoms with van der Waals surface area (Å²) in [5.41, 5.74) is 0.894. The highest BCUT2D eigenvalue weighted by Crippen LogP contribution is 2.59. The third kappa shape index (κ3) is 5.61. The predicted octanol–water partition coefficient (Wildman–Crippen LogP) is 4.31. The van der Waals surface area contributed by atoms with E-state index >= 15 is 0 Å². The van der Waals surface area contributed by atoms with Crippen molar-refractivity contribution in [1.82, 2.24) is 0 Å². The van der Waals surface area contributed by atoms with Crippen molar-refractivity contribution in [2.75, 3.05) is 21.1 Å². The SMILES string of the molecule is C=C1[C@@H](OC(=O)CC(c2ccccc2)[N+](C)(C)C)CC[C@@]2(C)[C@@H](O)[C@H](OC(C)=O)C3=C(C)C(=O)C[C@@H]([C@@H](O)[C@H]12)C3(C)C. The smallest absolute Gasteiger partial charge is 0.312 e. The van der Waals surface area contributed by atoms with Gasteiger partial charge in [0.15, 0.2) is 11.9 Å². The van der Waals surface area contributed by atoms with Gasteiger partial charge in [-0.25, -0.2) is 0 Å². The lowest BCUT2D eigenvalue weighted by Gasteiger charge is -2.58. The Kier molecular flexibility index (Phi) is 8.68. The van der Waals surface area contributed by atoms with Gasteiger partial charge in [0.25, 0.3) is 0 Å². The van der Waals surface area contributed by atoms with Crippen LogP contribution in [0.2, 0.25) is 0 Å². The van der Waals surface area contributed by atoms with Gasteiger partial charge in [0.2, 0.25) is 0 Å². The maximum atomic E-state index is 13.4. The Balaban J connectivity index is 1.68. The number of fused-ring (bicyclic) bond motifs is 3. The van der Waals surface area contributed by atoms with Gasteiger partial charge >= 0.3 is 11.9 Å². The summed E-state index contributed by atoms with van der Waals surface area (Å²) in [7, 11) is 6.12. The van der Waals surface area contributed by atoms with E-state index in [4.69, 9.17) is 9.47 Å². The molecule has 230 valence electrons. The Hall–Kier alpha value is -2.81. The van der Waals surface area contributed by atoms with Crippen LogP contribution in [0.4, 0.5) is 0 Å². The first-order chi connectivity index (χ1) is 19.4. The topological polar surface area (TPSA) is 110 Å². The summed E-state index contributed by atoms with van der Waals surface area (Å²) in [5.74, 6) is -2.27. The third-order valence-electron chi connectivity index (χ3n) is 10.4. The zero-order valence-electron chi connectivity index (χ0n) is 26.3. The van der Waals surface area contributed by atoms with Crippen LogP contribution in [0, 0.1) is 22.7 Å². The summed E-state index contributed by atoms with van der Waals surface area (Å²) in [5, 5.41) is 24.0. The monoisotopic (exact) mass is 582 g/mol. The maximum Gasteiger partial charge on any atom is 0.312 e. The van der Waals surface area contributed by atoms with Crippen molar-refractivity contribution >= 4 is 17.7 Å². The number of ether oxygens (including phenoxy) is 2. The zero-order chi connectivity index (χ0) is 31.4. The van der Waals surface area contributed by atoms with Crippen LogP contribution < -0.4 is 0 Å². The molecule has 0 heterocycles. The Morgan fingerprint density at radius 1 is 1.10 bits per heavy atom. The molecule has 0 aromatic heterocycles. The molecule has 8 heteroatoms. The first-order valence-electron chi connectivity index (χ1n) is 14.9. The summed E-state index contributed by atoms with van der Waals surface area (Å²) in [4.78, 5) is 38.9. The second kappa shape index (κ2) is 11.4. The lowest BCUT2D eigenvalue weighted by Crippen LogP contribution is -2.62. The number of Topliss-reactive ketones (excluding diaryl/α,β-unsaturated/α-hetero) is 1. The fourth-order valence-electron chi connectivity index (χ4n) is 7.97. The highest BCUT2D eigenvalue weighted by molar-refractivity contribution is 5.97. The van der Waals surface area contributed by atoms with Crippen molar-refractivity contribution in [2.45, 2.75) is 90.8 Å². The minimum Gasteiger partial charge on any atom is -0.458 e. The Bertz CT molecular complexity index is 1280. The van der Waals surface area contributed by atoms with Gasteiger partial charge in [0.05, 0.1) is 27.2 Å². The molecule has 0 amide bonds. The number of ketones is 1. The average Bonchev–Trinajstić information content (AvgIpc) is 2.89. The first kappa shape index (κ1) is 32.1. The maximum absolute atomic E-state index is 13.4. The molecule has 2 fully saturated rings. The Morgan fingerprint density at radius 2 is 1.71 bits per heavy atom. The molecule has 8 nitrogen and oxygen atoms in total. The largest absolute Gasteiger partial charge is 0.458 e. The normalized spacial score (nSPS) is 33.7. The number of rotatable bonds is 6. The molecule has 0 spiro atoms. The Morgan fingerprint density at radius 3 is 2.29 bits per heavy atom. The molecule has 1 aromatic rings. The zero-order valence-corrected chi connectivity index (χ0v) is 26.3. The molecular weight excluding hydrogens is 534 g/mol. The van der Waals surface area contributed by atoms with E-state index in [1.54, 1.807) is 6.92 Å². The van der Waals surface area contributed by atoms with Crippen LogP contribution in [0.15, 0.2) is 53.6 Å². The van der Waals surface area contributed by atoms with Crippen molar-refractivity contribution in [3.05, 3.63) is 59.2 Å². The standard InChI is InChI=1S/C34H48NO7/c1-19-25(37)17-23-30(39)28-20(2)26(42-27(38)18-24(35(7,8)9)22-13-11-10-12-14-22)15-16-34(28,6)32(40)31(41-21(3)36)29(19)33(23,4)5/h10-14,23-24,26,28,30-32,39-40H,2,15-18H2,1,3-9H3/q+1/t23-,24?,26-,28-,30+,31+,32-,34+/m0/s1. The van der Waals surface area contributed by atoms with Crippen molar-refractivity contribution < 1.29 is 38.6 Å². The van der Waals surface area contributed by atoms with Gasteiger partial charge < -0.3 is 24.2 Å². The Labute approximate surface area is 250 Å². The van der Waals surface area contributed by atoms with Crippen molar-refractivity contribution in [1.29, 1.82) is 0 Å². The van der Waals surface area contributed by atoms with Crippen LogP contribution in [0.25, 0.3) is 0 Å². The number of hydrogen-bond acceptors (Lipinski definition) is 7. The van der Waals surface area contributed by atoms with Gasteiger partial charge in [-0.3, -0.25) is 14.4 Å². The van der Waals surface area contributed by atoms with Gasteiger partial charge in [-0.15, -0.1) is 0 Å². The van der Waals surface area contributed by atoms with E-state index in [9.17, 15) is 24.6 Å². The summed E-state index contributed by atoms with van der Waals surface area (Å²) >= 11 is 0. The number of carbonyl (C=O) groups excluding carboxylic acids is 3. The highest BCUT2D eigenvalue weighted by atomic mass is 16.6. The molecule has 8 atom stereocenters. The van der Waals surface area contributed by atoms with Crippen LogP contribution in [-0.2, 0) is 23.9 Å². The molecule has 3 aliphatic carbocycles. The number of carbonyl (C=O) groups is 3. The second-order valence-corrected chi connectivity index (χ2v) is 14.3. The summed E-state index contributed by atoms with van der Waals surface area (Å²) in [6, 6.07) is 9.75. The van der Waals surface area contributed by atoms with E-state index < -0.39 is 53.1 Å². The number of esters is 2. The molecule has 2 bridgehead atoms. The minimum atomic E-state index is -1.22. The van der Waals surface area contributed by atoms with Crippen LogP contribution in [0.1, 0.15) is 71.9 Å². The number of nitrogens with zero attached hydrogens (tertiary/aromatic N) is 1. The molecule has 4 rings (SSSR count). The van der Waals surface area contributed by atoms with Crippen LogP contribution in [-0.4, -0.2) is 78.0 Å². The molecular formula is C34H48NO7+. The molecule has 0 saturated heterocycles. The van der Waals surface area contributed by atoms with Crippen molar-refractivity contribution in [2.24, 2.45) is 22.7 Å². The van der Waals surface area contributed by atoms with E-state index in [2.05, 4.69) is 6.58 Å². The summed E-state index contributed by atoms with van der Waals surface area (Å²) in [6.07, 6.45) is -2.88. The third-order valence-corrected chi connectivity index (χ3v) is 10.4. The highest BCUT2D eigenvalue weighted by Gasteiger charge is 2.61. The number of aliphatic hydroxyl groups excluding tert-OH is 2. The molecule has 1 aromatic carbocycles. The van der Waals surface area contributed by atoms with Gasteiger partial charge in [0, 0.05) is 36.2 Å². The van der Waals surface area contributed by atoms with E-state index in [0.717, 1.165) is 5.56 Å². The number of quaternary nitrogens is 1. The van der Waals surface area contributed by atoms with Gasteiger partial charge in [-0.1, -0.05) is 57.7 Å². The summed E-state index contributed by atoms with van der Waals surface area (Å²) < 4.78 is 12.4. The van der Waals surface area contributed by atoms with Gasteiger partial charge in [-0.2, -0.15) is 0 Å². The molecule has 0 aliphatic heterocycles. The lowest BCUT2D eigenvalue weighted by molar-refractivity contribution is -0.901. The second-order valence-electron chi connectivity index (χ2n) is 14.3.